The molecule has 0 N–H and O–H groups in total. The maximum Gasteiger partial charge on any atom is 0.258 e. The summed E-state index contributed by atoms with van der Waals surface area (Å²) in [6.45, 7) is 0. The number of β-lactam (4-membered cyclic amide) rings is 1. The van der Waals surface area contributed by atoms with Crippen LogP contribution < -0.4 is 10.2 Å². The number of rotatable bonds is 3. The van der Waals surface area contributed by atoms with Crippen LogP contribution in [0, 0.1) is 0 Å². The average molecular weight is 348 g/mol. The van der Waals surface area contributed by atoms with Gasteiger partial charge in [0.2, 0.25) is 0 Å². The van der Waals surface area contributed by atoms with E-state index >= 15 is 0 Å². The Balaban J connectivity index is 2.14. The first-order valence-corrected chi connectivity index (χ1v) is 8.29. The van der Waals surface area contributed by atoms with Crippen molar-refractivity contribution in [1.29, 1.82) is 0 Å². The van der Waals surface area contributed by atoms with E-state index in [1.807, 2.05) is 0 Å². The Bertz CT molecular complexity index is 931. The van der Waals surface area contributed by atoms with Gasteiger partial charge in [-0.3, -0.25) is 14.7 Å². The number of hydrogen-bond acceptors (Lipinski definition) is 8. The molecule has 1 amide bonds. The zero-order valence-corrected chi connectivity index (χ0v) is 12.6. The van der Waals surface area contributed by atoms with Crippen molar-refractivity contribution < 1.29 is 33.0 Å². The second kappa shape index (κ2) is 5.27. The summed E-state index contributed by atoms with van der Waals surface area (Å²) in [5, 5.41) is 20.6. The maximum absolute atomic E-state index is 12.3. The van der Waals surface area contributed by atoms with E-state index in [0.29, 0.717) is 10.6 Å². The normalized spacial score (nSPS) is 23.7. The molecular formula is C14H8N2O7S-2. The van der Waals surface area contributed by atoms with E-state index in [0.717, 1.165) is 0 Å². The highest BCUT2D eigenvalue weighted by Gasteiger charge is 2.55. The summed E-state index contributed by atoms with van der Waals surface area (Å²) in [6, 6.07) is 4.77. The first-order chi connectivity index (χ1) is 11.2. The fourth-order valence-electron chi connectivity index (χ4n) is 2.62. The van der Waals surface area contributed by atoms with E-state index in [9.17, 15) is 33.0 Å². The summed E-state index contributed by atoms with van der Waals surface area (Å²) in [5.74, 6) is -5.94. The lowest BCUT2D eigenvalue weighted by Crippen LogP contribution is -2.64. The van der Waals surface area contributed by atoms with E-state index < -0.39 is 50.1 Å². The Hall–Kier alpha value is -3.01. The lowest BCUT2D eigenvalue weighted by Gasteiger charge is -2.47. The molecule has 2 aliphatic rings. The van der Waals surface area contributed by atoms with Crippen LogP contribution in [0.15, 0.2) is 41.2 Å². The topological polar surface area (TPSA) is 148 Å². The standard InChI is InChI=1S/C14H10N2O7S/c17-11-8(5-7-3-1-2-4-15-7)12-16(11)10(14(20)21)9(13(18)19)6-24(12,22)23/h1-5,12H,6H2,(H,18,19)(H,20,21)/p-2/b8-5-/t12-/m1/s1. The third-order valence-electron chi connectivity index (χ3n) is 3.61. The van der Waals surface area contributed by atoms with Gasteiger partial charge in [0.1, 0.15) is 0 Å². The number of hydrogen-bond donors (Lipinski definition) is 0. The molecule has 1 saturated heterocycles. The van der Waals surface area contributed by atoms with Crippen LogP contribution in [0.1, 0.15) is 5.69 Å². The quantitative estimate of drug-likeness (QED) is 0.410. The van der Waals surface area contributed by atoms with E-state index in [2.05, 4.69) is 4.98 Å². The molecule has 1 fully saturated rings. The first-order valence-electron chi connectivity index (χ1n) is 6.57. The number of aromatic nitrogens is 1. The van der Waals surface area contributed by atoms with Crippen LogP contribution in [0.4, 0.5) is 0 Å². The molecule has 1 atom stereocenters. The number of nitrogens with zero attached hydrogens (tertiary/aromatic N) is 2. The van der Waals surface area contributed by atoms with E-state index in [-0.39, 0.29) is 5.57 Å². The van der Waals surface area contributed by atoms with Crippen molar-refractivity contribution in [3.63, 3.8) is 0 Å². The predicted molar refractivity (Wildman–Crippen MR) is 73.7 cm³/mol. The van der Waals surface area contributed by atoms with Crippen LogP contribution in [-0.2, 0) is 24.2 Å². The summed E-state index contributed by atoms with van der Waals surface area (Å²) in [5.41, 5.74) is -1.88. The highest BCUT2D eigenvalue weighted by molar-refractivity contribution is 7.92. The molecule has 1 aromatic heterocycles. The van der Waals surface area contributed by atoms with Crippen molar-refractivity contribution in [3.05, 3.63) is 46.9 Å². The molecule has 0 unspecified atom stereocenters. The van der Waals surface area contributed by atoms with E-state index in [4.69, 9.17) is 0 Å². The molecule has 3 rings (SSSR count). The van der Waals surface area contributed by atoms with Crippen LogP contribution in [0.3, 0.4) is 0 Å². The zero-order chi connectivity index (χ0) is 17.6. The Morgan fingerprint density at radius 2 is 1.96 bits per heavy atom. The number of carboxylic acids is 2. The van der Waals surface area contributed by atoms with Gasteiger partial charge in [0.15, 0.2) is 15.2 Å². The van der Waals surface area contributed by atoms with Gasteiger partial charge in [0, 0.05) is 11.8 Å². The maximum atomic E-state index is 12.3. The van der Waals surface area contributed by atoms with Gasteiger partial charge in [-0.2, -0.15) is 0 Å². The Kier molecular flexibility index (Phi) is 3.48. The summed E-state index contributed by atoms with van der Waals surface area (Å²) in [7, 11) is -4.15. The molecule has 124 valence electrons. The van der Waals surface area contributed by atoms with Crippen molar-refractivity contribution in [1.82, 2.24) is 9.88 Å². The van der Waals surface area contributed by atoms with Crippen LogP contribution in [-0.4, -0.2) is 47.3 Å². The molecule has 0 saturated carbocycles. The number of pyridine rings is 1. The minimum Gasteiger partial charge on any atom is -0.545 e. The lowest BCUT2D eigenvalue weighted by atomic mass is 10.0. The SMILES string of the molecule is O=C([O-])C1=C(C(=O)[O-])N2C(=O)/C(=C/c3ccccn3)[C@H]2S(=O)(=O)C1. The number of sulfone groups is 1. The Morgan fingerprint density at radius 1 is 1.25 bits per heavy atom. The molecule has 0 spiro atoms. The monoisotopic (exact) mass is 348 g/mol. The molecule has 0 bridgehead atoms. The number of carbonyl (C=O) groups is 3. The van der Waals surface area contributed by atoms with Gasteiger partial charge in [-0.05, 0) is 18.2 Å². The summed E-state index contributed by atoms with van der Waals surface area (Å²) >= 11 is 0. The molecule has 0 aliphatic carbocycles. The second-order valence-corrected chi connectivity index (χ2v) is 7.15. The average Bonchev–Trinajstić information content (AvgIpc) is 2.51. The summed E-state index contributed by atoms with van der Waals surface area (Å²) < 4.78 is 24.6. The molecule has 2 aliphatic heterocycles. The van der Waals surface area contributed by atoms with Gasteiger partial charge in [-0.1, -0.05) is 6.07 Å². The van der Waals surface area contributed by atoms with Gasteiger partial charge in [0.25, 0.3) is 5.91 Å². The van der Waals surface area contributed by atoms with Crippen molar-refractivity contribution in [2.75, 3.05) is 5.75 Å². The summed E-state index contributed by atoms with van der Waals surface area (Å²) in [6.07, 6.45) is 2.65. The van der Waals surface area contributed by atoms with Gasteiger partial charge in [-0.25, -0.2) is 8.42 Å². The van der Waals surface area contributed by atoms with Crippen molar-refractivity contribution in [2.45, 2.75) is 5.37 Å². The third kappa shape index (κ3) is 2.27. The Labute approximate surface area is 135 Å². The zero-order valence-electron chi connectivity index (χ0n) is 11.8. The molecule has 10 heteroatoms. The molecule has 0 aromatic carbocycles. The lowest BCUT2D eigenvalue weighted by molar-refractivity contribution is -0.305. The number of amides is 1. The fourth-order valence-corrected chi connectivity index (χ4v) is 4.51. The highest BCUT2D eigenvalue weighted by Crippen LogP contribution is 2.40. The smallest absolute Gasteiger partial charge is 0.258 e. The first kappa shape index (κ1) is 15.9. The van der Waals surface area contributed by atoms with Crippen LogP contribution in [0.2, 0.25) is 0 Å². The Morgan fingerprint density at radius 3 is 2.50 bits per heavy atom. The molecule has 3 heterocycles. The van der Waals surface area contributed by atoms with Gasteiger partial charge < -0.3 is 19.8 Å². The number of carboxylic acid groups (broad SMARTS) is 2. The van der Waals surface area contributed by atoms with E-state index in [1.165, 1.54) is 18.3 Å². The molecule has 1 aromatic rings. The van der Waals surface area contributed by atoms with Gasteiger partial charge in [-0.15, -0.1) is 0 Å². The van der Waals surface area contributed by atoms with Crippen LogP contribution in [0.25, 0.3) is 6.08 Å². The van der Waals surface area contributed by atoms with Crippen molar-refractivity contribution in [2.24, 2.45) is 0 Å². The molecule has 9 nitrogen and oxygen atoms in total. The van der Waals surface area contributed by atoms with Crippen LogP contribution in [0.5, 0.6) is 0 Å². The fraction of sp³-hybridized carbons (Fsp3) is 0.143. The van der Waals surface area contributed by atoms with Gasteiger partial charge in [0.05, 0.1) is 34.7 Å². The number of aliphatic carboxylic acids is 2. The summed E-state index contributed by atoms with van der Waals surface area (Å²) in [4.78, 5) is 38.8. The number of carbonyl (C=O) groups excluding carboxylic acids is 3. The third-order valence-corrected chi connectivity index (χ3v) is 5.45. The van der Waals surface area contributed by atoms with Crippen molar-refractivity contribution in [3.8, 4) is 0 Å². The molecule has 24 heavy (non-hydrogen) atoms. The highest BCUT2D eigenvalue weighted by atomic mass is 32.2. The largest absolute Gasteiger partial charge is 0.545 e. The van der Waals surface area contributed by atoms with Crippen LogP contribution >= 0.6 is 0 Å². The second-order valence-electron chi connectivity index (χ2n) is 5.09. The number of fused-ring (bicyclic) bond motifs is 1. The van der Waals surface area contributed by atoms with E-state index in [1.54, 1.807) is 12.1 Å². The minimum absolute atomic E-state index is 0.190. The minimum atomic E-state index is -4.15. The predicted octanol–water partition coefficient (Wildman–Crippen LogP) is -3.18. The van der Waals surface area contributed by atoms with Crippen molar-refractivity contribution >= 4 is 33.8 Å². The molecular weight excluding hydrogens is 340 g/mol. The molecule has 0 radical (unpaired) electrons. The van der Waals surface area contributed by atoms with Gasteiger partial charge >= 0.3 is 0 Å².